The lowest BCUT2D eigenvalue weighted by atomic mass is 10.5. The fourth-order valence-electron chi connectivity index (χ4n) is 0.586. The summed E-state index contributed by atoms with van der Waals surface area (Å²) in [6, 6.07) is 0. The molecule has 2 nitrogen and oxygen atoms in total. The molecule has 0 saturated carbocycles. The Morgan fingerprint density at radius 3 is 2.33 bits per heavy atom. The Kier molecular flexibility index (Phi) is 1.34. The highest BCUT2D eigenvalue weighted by atomic mass is 19.4. The Bertz CT molecular complexity index is 128. The molecule has 9 heavy (non-hydrogen) atoms. The van der Waals surface area contributed by atoms with E-state index < -0.39 is 6.30 Å². The van der Waals surface area contributed by atoms with E-state index in [-0.39, 0.29) is 11.6 Å². The Morgan fingerprint density at radius 1 is 1.44 bits per heavy atom. The number of nitrogens with zero attached hydrogens (tertiary/aromatic N) is 2. The summed E-state index contributed by atoms with van der Waals surface area (Å²) >= 11 is 0. The third kappa shape index (κ3) is 1.34. The van der Waals surface area contributed by atoms with Crippen molar-refractivity contribution in [2.24, 2.45) is 5.10 Å². The standard InChI is InChI=1S/C4H5F3N2/c5-4(6,7)9-3-1-2-8-9/h2H,1,3H2. The lowest BCUT2D eigenvalue weighted by Gasteiger charge is -2.15. The van der Waals surface area contributed by atoms with Gasteiger partial charge in [-0.3, -0.25) is 0 Å². The van der Waals surface area contributed by atoms with Crippen molar-refractivity contribution >= 4 is 6.21 Å². The maximum atomic E-state index is 11.6. The summed E-state index contributed by atoms with van der Waals surface area (Å²) in [4.78, 5) is 0. The van der Waals surface area contributed by atoms with Gasteiger partial charge in [0.15, 0.2) is 0 Å². The first kappa shape index (κ1) is 6.38. The van der Waals surface area contributed by atoms with Crippen molar-refractivity contribution in [2.45, 2.75) is 12.7 Å². The van der Waals surface area contributed by atoms with Crippen molar-refractivity contribution in [1.82, 2.24) is 5.01 Å². The van der Waals surface area contributed by atoms with Crippen LogP contribution in [-0.2, 0) is 0 Å². The largest absolute Gasteiger partial charge is 0.500 e. The van der Waals surface area contributed by atoms with Gasteiger partial charge in [0.2, 0.25) is 0 Å². The molecule has 0 aliphatic carbocycles. The summed E-state index contributed by atoms with van der Waals surface area (Å²) in [6.07, 6.45) is -2.64. The first-order valence-corrected chi connectivity index (χ1v) is 2.47. The highest BCUT2D eigenvalue weighted by molar-refractivity contribution is 5.58. The minimum atomic E-state index is -4.28. The van der Waals surface area contributed by atoms with Crippen LogP contribution in [0.1, 0.15) is 6.42 Å². The van der Waals surface area contributed by atoms with Crippen LogP contribution in [0.25, 0.3) is 0 Å². The van der Waals surface area contributed by atoms with E-state index in [2.05, 4.69) is 5.10 Å². The minimum Gasteiger partial charge on any atom is -0.205 e. The van der Waals surface area contributed by atoms with E-state index in [1.54, 1.807) is 0 Å². The van der Waals surface area contributed by atoms with Crippen LogP contribution in [0, 0.1) is 0 Å². The van der Waals surface area contributed by atoms with Gasteiger partial charge in [-0.2, -0.15) is 5.10 Å². The molecule has 0 spiro atoms. The molecule has 0 radical (unpaired) electrons. The van der Waals surface area contributed by atoms with Gasteiger partial charge in [0.05, 0.1) is 6.54 Å². The van der Waals surface area contributed by atoms with E-state index in [1.165, 1.54) is 6.21 Å². The molecule has 1 rings (SSSR count). The minimum absolute atomic E-state index is 0.0382. The number of hydrogen-bond acceptors (Lipinski definition) is 2. The third-order valence-corrected chi connectivity index (χ3v) is 0.984. The molecule has 0 bridgehead atoms. The van der Waals surface area contributed by atoms with Crippen molar-refractivity contribution in [2.75, 3.05) is 6.54 Å². The van der Waals surface area contributed by atoms with Crippen LogP contribution in [0.15, 0.2) is 5.10 Å². The predicted molar refractivity (Wildman–Crippen MR) is 25.9 cm³/mol. The smallest absolute Gasteiger partial charge is 0.205 e. The molecule has 1 aliphatic heterocycles. The molecule has 0 aromatic carbocycles. The van der Waals surface area contributed by atoms with Crippen LogP contribution in [0.2, 0.25) is 0 Å². The van der Waals surface area contributed by atoms with E-state index in [0.717, 1.165) is 0 Å². The lowest BCUT2D eigenvalue weighted by Crippen LogP contribution is -2.31. The first-order valence-electron chi connectivity index (χ1n) is 2.47. The molecule has 5 heteroatoms. The second-order valence-corrected chi connectivity index (χ2v) is 1.68. The number of rotatable bonds is 0. The second kappa shape index (κ2) is 1.89. The zero-order chi connectivity index (χ0) is 6.91. The van der Waals surface area contributed by atoms with Gasteiger partial charge >= 0.3 is 6.30 Å². The SMILES string of the molecule is FC(F)(F)N1CCC=N1. The molecule has 0 saturated heterocycles. The van der Waals surface area contributed by atoms with E-state index in [1.807, 2.05) is 0 Å². The molecule has 0 amide bonds. The summed E-state index contributed by atoms with van der Waals surface area (Å²) < 4.78 is 34.7. The fraction of sp³-hybridized carbons (Fsp3) is 0.750. The van der Waals surface area contributed by atoms with E-state index in [4.69, 9.17) is 0 Å². The Hall–Kier alpha value is -0.740. The summed E-state index contributed by atoms with van der Waals surface area (Å²) in [5, 5.41) is 3.21. The van der Waals surface area contributed by atoms with Crippen LogP contribution in [-0.4, -0.2) is 24.1 Å². The average Bonchev–Trinajstić information content (AvgIpc) is 2.08. The molecule has 0 N–H and O–H groups in total. The van der Waals surface area contributed by atoms with Crippen molar-refractivity contribution < 1.29 is 13.2 Å². The van der Waals surface area contributed by atoms with Crippen molar-refractivity contribution in [3.8, 4) is 0 Å². The first-order chi connectivity index (χ1) is 4.11. The summed E-state index contributed by atoms with van der Waals surface area (Å²) in [5.41, 5.74) is 0. The lowest BCUT2D eigenvalue weighted by molar-refractivity contribution is -0.242. The van der Waals surface area contributed by atoms with E-state index in [0.29, 0.717) is 6.42 Å². The number of hydrazone groups is 1. The third-order valence-electron chi connectivity index (χ3n) is 0.984. The molecular formula is C4H5F3N2. The van der Waals surface area contributed by atoms with Crippen LogP contribution >= 0.6 is 0 Å². The van der Waals surface area contributed by atoms with E-state index >= 15 is 0 Å². The molecule has 1 aliphatic rings. The van der Waals surface area contributed by atoms with Gasteiger partial charge in [-0.15, -0.1) is 13.2 Å². The molecule has 0 aromatic rings. The van der Waals surface area contributed by atoms with Crippen molar-refractivity contribution in [3.05, 3.63) is 0 Å². The Morgan fingerprint density at radius 2 is 2.11 bits per heavy atom. The molecule has 52 valence electrons. The van der Waals surface area contributed by atoms with Gasteiger partial charge in [0.25, 0.3) is 0 Å². The highest BCUT2D eigenvalue weighted by Gasteiger charge is 2.37. The zero-order valence-electron chi connectivity index (χ0n) is 4.52. The summed E-state index contributed by atoms with van der Waals surface area (Å²) in [7, 11) is 0. The molecule has 0 atom stereocenters. The van der Waals surface area contributed by atoms with Crippen molar-refractivity contribution in [1.29, 1.82) is 0 Å². The monoisotopic (exact) mass is 138 g/mol. The zero-order valence-corrected chi connectivity index (χ0v) is 4.52. The number of alkyl halides is 3. The van der Waals surface area contributed by atoms with Gasteiger partial charge in [-0.05, 0) is 0 Å². The number of hydrogen-bond donors (Lipinski definition) is 0. The summed E-state index contributed by atoms with van der Waals surface area (Å²) in [6.45, 7) is -0.0382. The normalized spacial score (nSPS) is 19.2. The van der Waals surface area contributed by atoms with Gasteiger partial charge < -0.3 is 0 Å². The second-order valence-electron chi connectivity index (χ2n) is 1.68. The molecule has 0 unspecified atom stereocenters. The molecule has 0 aromatic heterocycles. The molecular weight excluding hydrogens is 133 g/mol. The van der Waals surface area contributed by atoms with Gasteiger partial charge in [0.1, 0.15) is 0 Å². The summed E-state index contributed by atoms with van der Waals surface area (Å²) in [5.74, 6) is 0. The topological polar surface area (TPSA) is 15.6 Å². The quantitative estimate of drug-likeness (QED) is 0.459. The van der Waals surface area contributed by atoms with Crippen LogP contribution < -0.4 is 0 Å². The number of halogens is 3. The Labute approximate surface area is 50.0 Å². The van der Waals surface area contributed by atoms with Gasteiger partial charge in [0, 0.05) is 12.6 Å². The maximum Gasteiger partial charge on any atom is 0.500 e. The Balaban J connectivity index is 2.53. The highest BCUT2D eigenvalue weighted by Crippen LogP contribution is 2.22. The molecule has 1 heterocycles. The van der Waals surface area contributed by atoms with Crippen molar-refractivity contribution in [3.63, 3.8) is 0 Å². The predicted octanol–water partition coefficient (Wildman–Crippen LogP) is 1.20. The van der Waals surface area contributed by atoms with Gasteiger partial charge in [-0.25, -0.2) is 5.01 Å². The van der Waals surface area contributed by atoms with Crippen LogP contribution in [0.3, 0.4) is 0 Å². The van der Waals surface area contributed by atoms with E-state index in [9.17, 15) is 13.2 Å². The maximum absolute atomic E-state index is 11.6. The fourth-order valence-corrected chi connectivity index (χ4v) is 0.586. The van der Waals surface area contributed by atoms with Crippen LogP contribution in [0.4, 0.5) is 13.2 Å². The average molecular weight is 138 g/mol. The van der Waals surface area contributed by atoms with Gasteiger partial charge in [-0.1, -0.05) is 0 Å². The van der Waals surface area contributed by atoms with Crippen LogP contribution in [0.5, 0.6) is 0 Å². The molecule has 0 fully saturated rings.